The molecule has 0 aliphatic carbocycles. The zero-order valence-corrected chi connectivity index (χ0v) is 16.7. The number of hydrogen-bond acceptors (Lipinski definition) is 4. The highest BCUT2D eigenvalue weighted by Crippen LogP contribution is 2.24. The second-order valence-corrected chi connectivity index (χ2v) is 7.09. The molecular formula is C22H23N3O4. The van der Waals surface area contributed by atoms with Gasteiger partial charge in [0.05, 0.1) is 11.1 Å². The van der Waals surface area contributed by atoms with Gasteiger partial charge in [0.2, 0.25) is 11.8 Å². The van der Waals surface area contributed by atoms with E-state index in [2.05, 4.69) is 5.32 Å². The van der Waals surface area contributed by atoms with Gasteiger partial charge < -0.3 is 10.2 Å². The Morgan fingerprint density at radius 1 is 1.00 bits per heavy atom. The van der Waals surface area contributed by atoms with E-state index in [-0.39, 0.29) is 36.6 Å². The molecule has 0 spiro atoms. The van der Waals surface area contributed by atoms with Crippen molar-refractivity contribution in [1.82, 2.24) is 4.90 Å². The van der Waals surface area contributed by atoms with E-state index in [9.17, 15) is 19.2 Å². The number of benzene rings is 2. The number of hydrogen-bond donors (Lipinski definition) is 1. The first-order chi connectivity index (χ1) is 13.8. The first kappa shape index (κ1) is 20.3. The van der Waals surface area contributed by atoms with Crippen molar-refractivity contribution >= 4 is 35.0 Å². The van der Waals surface area contributed by atoms with Crippen molar-refractivity contribution in [3.63, 3.8) is 0 Å². The Hall–Kier alpha value is -3.48. The minimum absolute atomic E-state index is 0.0786. The van der Waals surface area contributed by atoms with Gasteiger partial charge in [0.25, 0.3) is 11.8 Å². The molecule has 29 heavy (non-hydrogen) atoms. The fourth-order valence-corrected chi connectivity index (χ4v) is 3.18. The van der Waals surface area contributed by atoms with Crippen LogP contribution in [-0.2, 0) is 9.59 Å². The normalized spacial score (nSPS) is 12.7. The molecule has 0 aromatic heterocycles. The van der Waals surface area contributed by atoms with Crippen molar-refractivity contribution < 1.29 is 19.2 Å². The molecule has 3 rings (SSSR count). The van der Waals surface area contributed by atoms with Crippen LogP contribution in [-0.4, -0.2) is 42.1 Å². The summed E-state index contributed by atoms with van der Waals surface area (Å²) >= 11 is 0. The highest BCUT2D eigenvalue weighted by atomic mass is 16.2. The van der Waals surface area contributed by atoms with Crippen LogP contribution in [0.2, 0.25) is 0 Å². The van der Waals surface area contributed by atoms with Gasteiger partial charge in [-0.3, -0.25) is 24.1 Å². The molecule has 4 amide bonds. The fraction of sp³-hybridized carbons (Fsp3) is 0.273. The molecule has 7 heteroatoms. The summed E-state index contributed by atoms with van der Waals surface area (Å²) in [6.45, 7) is 3.54. The van der Waals surface area contributed by atoms with E-state index in [0.717, 1.165) is 11.3 Å². The van der Waals surface area contributed by atoms with E-state index in [1.807, 2.05) is 6.92 Å². The van der Waals surface area contributed by atoms with E-state index in [1.54, 1.807) is 49.5 Å². The Morgan fingerprint density at radius 2 is 1.66 bits per heavy atom. The lowest BCUT2D eigenvalue weighted by atomic mass is 10.1. The molecule has 0 atom stereocenters. The largest absolute Gasteiger partial charge is 0.326 e. The highest BCUT2D eigenvalue weighted by Gasteiger charge is 2.34. The van der Waals surface area contributed by atoms with Crippen molar-refractivity contribution in [3.8, 4) is 0 Å². The molecule has 1 N–H and O–H groups in total. The minimum atomic E-state index is -0.310. The minimum Gasteiger partial charge on any atom is -0.326 e. The third-order valence-electron chi connectivity index (χ3n) is 4.92. The summed E-state index contributed by atoms with van der Waals surface area (Å²) in [5.41, 5.74) is 3.12. The van der Waals surface area contributed by atoms with Gasteiger partial charge in [-0.1, -0.05) is 11.6 Å². The average Bonchev–Trinajstić information content (AvgIpc) is 2.92. The molecule has 7 nitrogen and oxygen atoms in total. The van der Waals surface area contributed by atoms with Crippen LogP contribution in [0.15, 0.2) is 42.5 Å². The van der Waals surface area contributed by atoms with Crippen LogP contribution in [0.5, 0.6) is 0 Å². The quantitative estimate of drug-likeness (QED) is 0.765. The number of fused-ring (bicyclic) bond motifs is 1. The van der Waals surface area contributed by atoms with Gasteiger partial charge >= 0.3 is 0 Å². The van der Waals surface area contributed by atoms with E-state index in [4.69, 9.17) is 0 Å². The van der Waals surface area contributed by atoms with E-state index in [1.165, 1.54) is 16.7 Å². The topological polar surface area (TPSA) is 86.8 Å². The Balaban J connectivity index is 1.51. The number of imide groups is 1. The summed E-state index contributed by atoms with van der Waals surface area (Å²) in [4.78, 5) is 51.1. The van der Waals surface area contributed by atoms with Gasteiger partial charge in [-0.15, -0.1) is 0 Å². The van der Waals surface area contributed by atoms with Gasteiger partial charge in [0, 0.05) is 38.3 Å². The summed E-state index contributed by atoms with van der Waals surface area (Å²) < 4.78 is 0. The van der Waals surface area contributed by atoms with Crippen LogP contribution >= 0.6 is 0 Å². The summed E-state index contributed by atoms with van der Waals surface area (Å²) in [5, 5.41) is 2.78. The molecule has 0 saturated heterocycles. The number of nitrogens with zero attached hydrogens (tertiary/aromatic N) is 2. The fourth-order valence-electron chi connectivity index (χ4n) is 3.18. The standard InChI is InChI=1S/C22H23N3O4/c1-14-6-11-18-19(13-14)22(29)25(21(18)28)12-4-5-20(27)23-16-7-9-17(10-8-16)24(3)15(2)26/h6-11,13H,4-5,12H2,1-3H3,(H,23,27). The smallest absolute Gasteiger partial charge is 0.261 e. The number of anilines is 2. The van der Waals surface area contributed by atoms with Crippen LogP contribution in [0.1, 0.15) is 46.0 Å². The third-order valence-corrected chi connectivity index (χ3v) is 4.92. The number of nitrogens with one attached hydrogen (secondary N) is 1. The maximum Gasteiger partial charge on any atom is 0.261 e. The lowest BCUT2D eigenvalue weighted by Gasteiger charge is -2.15. The number of rotatable bonds is 6. The summed E-state index contributed by atoms with van der Waals surface area (Å²) in [5.74, 6) is -0.898. The second kappa shape index (κ2) is 8.26. The van der Waals surface area contributed by atoms with Gasteiger partial charge in [0.15, 0.2) is 0 Å². The Morgan fingerprint density at radius 3 is 2.31 bits per heavy atom. The van der Waals surface area contributed by atoms with Gasteiger partial charge in [0.1, 0.15) is 0 Å². The van der Waals surface area contributed by atoms with Crippen LogP contribution in [0.25, 0.3) is 0 Å². The van der Waals surface area contributed by atoms with E-state index < -0.39 is 0 Å². The summed E-state index contributed by atoms with van der Waals surface area (Å²) in [6, 6.07) is 12.1. The lowest BCUT2D eigenvalue weighted by Crippen LogP contribution is -2.31. The molecule has 2 aromatic carbocycles. The Bertz CT molecular complexity index is 982. The molecule has 0 radical (unpaired) electrons. The molecule has 1 aliphatic heterocycles. The predicted octanol–water partition coefficient (Wildman–Crippen LogP) is 2.99. The number of carbonyl (C=O) groups excluding carboxylic acids is 4. The summed E-state index contributed by atoms with van der Waals surface area (Å²) in [7, 11) is 1.68. The zero-order valence-electron chi connectivity index (χ0n) is 16.7. The first-order valence-electron chi connectivity index (χ1n) is 9.39. The Labute approximate surface area is 169 Å². The zero-order chi connectivity index (χ0) is 21.1. The molecule has 1 aliphatic rings. The second-order valence-electron chi connectivity index (χ2n) is 7.09. The monoisotopic (exact) mass is 393 g/mol. The maximum atomic E-state index is 12.4. The molecule has 0 unspecified atom stereocenters. The third kappa shape index (κ3) is 4.34. The van der Waals surface area contributed by atoms with E-state index >= 15 is 0 Å². The number of aryl methyl sites for hydroxylation is 1. The highest BCUT2D eigenvalue weighted by molar-refractivity contribution is 6.21. The van der Waals surface area contributed by atoms with Crippen molar-refractivity contribution in [1.29, 1.82) is 0 Å². The van der Waals surface area contributed by atoms with Crippen molar-refractivity contribution in [3.05, 3.63) is 59.2 Å². The van der Waals surface area contributed by atoms with Gasteiger partial charge in [-0.2, -0.15) is 0 Å². The van der Waals surface area contributed by atoms with Crippen molar-refractivity contribution in [2.45, 2.75) is 26.7 Å². The van der Waals surface area contributed by atoms with Gasteiger partial charge in [-0.25, -0.2) is 0 Å². The lowest BCUT2D eigenvalue weighted by molar-refractivity contribution is -0.117. The molecule has 2 aromatic rings. The summed E-state index contributed by atoms with van der Waals surface area (Å²) in [6.07, 6.45) is 0.559. The van der Waals surface area contributed by atoms with Crippen molar-refractivity contribution in [2.75, 3.05) is 23.8 Å². The number of carbonyl (C=O) groups is 4. The number of amides is 4. The van der Waals surface area contributed by atoms with Crippen LogP contribution in [0.4, 0.5) is 11.4 Å². The SMILES string of the molecule is CC(=O)N(C)c1ccc(NC(=O)CCCN2C(=O)c3ccc(C)cc3C2=O)cc1. The predicted molar refractivity (Wildman–Crippen MR) is 110 cm³/mol. The van der Waals surface area contributed by atoms with Gasteiger partial charge in [-0.05, 0) is 49.7 Å². The first-order valence-corrected chi connectivity index (χ1v) is 9.39. The molecule has 0 bridgehead atoms. The molecule has 0 saturated carbocycles. The van der Waals surface area contributed by atoms with Crippen molar-refractivity contribution in [2.24, 2.45) is 0 Å². The molecule has 150 valence electrons. The van der Waals surface area contributed by atoms with Crippen LogP contribution in [0, 0.1) is 6.92 Å². The molecule has 0 fully saturated rings. The Kier molecular flexibility index (Phi) is 5.77. The molecule has 1 heterocycles. The van der Waals surface area contributed by atoms with Crippen LogP contribution < -0.4 is 10.2 Å². The maximum absolute atomic E-state index is 12.4. The van der Waals surface area contributed by atoms with Crippen LogP contribution in [0.3, 0.4) is 0 Å². The van der Waals surface area contributed by atoms with E-state index in [0.29, 0.717) is 23.2 Å². The molecular weight excluding hydrogens is 370 g/mol. The average molecular weight is 393 g/mol.